The lowest BCUT2D eigenvalue weighted by Crippen LogP contribution is -2.51. The number of aryl methyl sites for hydroxylation is 1. The lowest BCUT2D eigenvalue weighted by Gasteiger charge is -2.44. The van der Waals surface area contributed by atoms with Crippen molar-refractivity contribution in [2.24, 2.45) is 7.05 Å². The molecule has 1 fully saturated rings. The monoisotopic (exact) mass is 438 g/mol. The molecule has 2 heterocycles. The number of hydrogen-bond donors (Lipinski definition) is 1. The molecule has 0 unspecified atom stereocenters. The summed E-state index contributed by atoms with van der Waals surface area (Å²) in [5.74, 6) is -0.124. The van der Waals surface area contributed by atoms with Crippen LogP contribution in [0.25, 0.3) is 0 Å². The van der Waals surface area contributed by atoms with Gasteiger partial charge in [-0.25, -0.2) is 0 Å². The average Bonchev–Trinajstić information content (AvgIpc) is 3.24. The van der Waals surface area contributed by atoms with E-state index in [0.717, 1.165) is 38.0 Å². The first-order chi connectivity index (χ1) is 15.5. The summed E-state index contributed by atoms with van der Waals surface area (Å²) < 4.78 is 13.4. The molecule has 1 saturated heterocycles. The number of piperidine rings is 1. The van der Waals surface area contributed by atoms with Gasteiger partial charge >= 0.3 is 0 Å². The second-order valence-electron chi connectivity index (χ2n) is 8.92. The van der Waals surface area contributed by atoms with Crippen LogP contribution in [0.15, 0.2) is 43.1 Å². The molecule has 0 radical (unpaired) electrons. The van der Waals surface area contributed by atoms with Gasteiger partial charge in [0.15, 0.2) is 0 Å². The van der Waals surface area contributed by atoms with E-state index in [0.29, 0.717) is 6.61 Å². The molecule has 1 aliphatic carbocycles. The highest BCUT2D eigenvalue weighted by Gasteiger charge is 2.54. The maximum absolute atomic E-state index is 12.5. The molecule has 0 bridgehead atoms. The fraction of sp³-hybridized carbons (Fsp3) is 0.520. The molecule has 172 valence electrons. The van der Waals surface area contributed by atoms with E-state index in [-0.39, 0.29) is 30.1 Å². The molecule has 2 aromatic rings. The van der Waals surface area contributed by atoms with E-state index in [2.05, 4.69) is 47.0 Å². The molecular weight excluding hydrogens is 404 g/mol. The van der Waals surface area contributed by atoms with Crippen LogP contribution in [0.3, 0.4) is 0 Å². The normalized spacial score (nSPS) is 22.1. The minimum atomic E-state index is -0.194. The molecule has 2 atom stereocenters. The van der Waals surface area contributed by atoms with Crippen LogP contribution in [0, 0.1) is 6.92 Å². The summed E-state index contributed by atoms with van der Waals surface area (Å²) in [6, 6.07) is 8.27. The lowest BCUT2D eigenvalue weighted by atomic mass is 9.71. The van der Waals surface area contributed by atoms with Crippen molar-refractivity contribution in [3.05, 3.63) is 65.5 Å². The first kappa shape index (κ1) is 22.7. The molecule has 7 heteroatoms. The van der Waals surface area contributed by atoms with Crippen molar-refractivity contribution >= 4 is 5.91 Å². The maximum Gasteiger partial charge on any atom is 0.246 e. The van der Waals surface area contributed by atoms with Crippen LogP contribution in [-0.2, 0) is 33.3 Å². The smallest absolute Gasteiger partial charge is 0.246 e. The summed E-state index contributed by atoms with van der Waals surface area (Å²) in [4.78, 5) is 15.0. The van der Waals surface area contributed by atoms with Gasteiger partial charge in [-0.15, -0.1) is 6.58 Å². The predicted molar refractivity (Wildman–Crippen MR) is 123 cm³/mol. The number of benzene rings is 1. The molecule has 1 aliphatic heterocycles. The van der Waals surface area contributed by atoms with Crippen LogP contribution in [0.2, 0.25) is 0 Å². The van der Waals surface area contributed by atoms with Crippen LogP contribution in [0.1, 0.15) is 41.3 Å². The van der Waals surface area contributed by atoms with Gasteiger partial charge in [-0.05, 0) is 44.0 Å². The second kappa shape index (κ2) is 9.57. The summed E-state index contributed by atoms with van der Waals surface area (Å²) in [6.07, 6.45) is 5.57. The molecular formula is C25H34N4O3. The minimum Gasteiger partial charge on any atom is -0.375 e. The fourth-order valence-electron chi connectivity index (χ4n) is 5.39. The number of likely N-dealkylation sites (tertiary alicyclic amines) is 1. The number of nitrogens with one attached hydrogen (secondary N) is 1. The number of carbonyl (C=O) groups excluding carboxylic acids is 1. The largest absolute Gasteiger partial charge is 0.375 e. The van der Waals surface area contributed by atoms with Crippen molar-refractivity contribution in [3.63, 3.8) is 0 Å². The zero-order chi connectivity index (χ0) is 22.7. The van der Waals surface area contributed by atoms with Gasteiger partial charge in [0.2, 0.25) is 5.91 Å². The fourth-order valence-corrected chi connectivity index (χ4v) is 5.39. The standard InChI is InChI=1S/C25H34N4O3/c1-5-14-32-24-23(27-22(30)17-31-4)20-8-6-7-9-21(20)25(24)10-12-29(13-11-25)16-19-15-26-28(3)18(19)2/h5-9,15,23-24H,1,10-14,16-17H2,2-4H3,(H,27,30)/t23-,24+/m1/s1. The zero-order valence-corrected chi connectivity index (χ0v) is 19.3. The second-order valence-corrected chi connectivity index (χ2v) is 8.92. The van der Waals surface area contributed by atoms with Crippen molar-refractivity contribution in [1.82, 2.24) is 20.0 Å². The molecule has 32 heavy (non-hydrogen) atoms. The lowest BCUT2D eigenvalue weighted by molar-refractivity contribution is -0.127. The summed E-state index contributed by atoms with van der Waals surface area (Å²) in [5, 5.41) is 7.57. The molecule has 1 aromatic heterocycles. The molecule has 1 spiro atoms. The first-order valence-corrected chi connectivity index (χ1v) is 11.3. The Morgan fingerprint density at radius 2 is 2.09 bits per heavy atom. The van der Waals surface area contributed by atoms with Crippen LogP contribution in [-0.4, -0.2) is 60.1 Å². The number of nitrogens with zero attached hydrogens (tertiary/aromatic N) is 3. The van der Waals surface area contributed by atoms with Crippen molar-refractivity contribution in [1.29, 1.82) is 0 Å². The quantitative estimate of drug-likeness (QED) is 0.642. The Kier molecular flexibility index (Phi) is 6.79. The molecule has 2 aliphatic rings. The highest BCUT2D eigenvalue weighted by Crippen LogP contribution is 2.52. The highest BCUT2D eigenvalue weighted by molar-refractivity contribution is 5.78. The number of fused-ring (bicyclic) bond motifs is 2. The number of ether oxygens (including phenoxy) is 2. The number of amides is 1. The SMILES string of the molecule is C=CCO[C@H]1[C@H](NC(=O)COC)c2ccccc2C12CCN(Cc1cnn(C)c1C)CC2. The summed E-state index contributed by atoms with van der Waals surface area (Å²) >= 11 is 0. The third-order valence-corrected chi connectivity index (χ3v) is 7.14. The van der Waals surface area contributed by atoms with Crippen molar-refractivity contribution < 1.29 is 14.3 Å². The predicted octanol–water partition coefficient (Wildman–Crippen LogP) is 2.65. The van der Waals surface area contributed by atoms with E-state index in [4.69, 9.17) is 9.47 Å². The first-order valence-electron chi connectivity index (χ1n) is 11.3. The van der Waals surface area contributed by atoms with Gasteiger partial charge < -0.3 is 14.8 Å². The van der Waals surface area contributed by atoms with Gasteiger partial charge in [0.1, 0.15) is 6.61 Å². The number of carbonyl (C=O) groups is 1. The van der Waals surface area contributed by atoms with Crippen LogP contribution in [0.4, 0.5) is 0 Å². The molecule has 1 amide bonds. The number of aromatic nitrogens is 2. The Morgan fingerprint density at radius 3 is 2.75 bits per heavy atom. The Balaban J connectivity index is 1.59. The van der Waals surface area contributed by atoms with E-state index >= 15 is 0 Å². The number of rotatable bonds is 8. The van der Waals surface area contributed by atoms with Crippen LogP contribution >= 0.6 is 0 Å². The summed E-state index contributed by atoms with van der Waals surface area (Å²) in [7, 11) is 3.52. The number of hydrogen-bond acceptors (Lipinski definition) is 5. The Morgan fingerprint density at radius 1 is 1.34 bits per heavy atom. The van der Waals surface area contributed by atoms with Crippen LogP contribution in [0.5, 0.6) is 0 Å². The topological polar surface area (TPSA) is 68.6 Å². The van der Waals surface area contributed by atoms with Gasteiger partial charge in [-0.1, -0.05) is 30.3 Å². The molecule has 1 N–H and O–H groups in total. The molecule has 0 saturated carbocycles. The van der Waals surface area contributed by atoms with Gasteiger partial charge in [-0.3, -0.25) is 14.4 Å². The van der Waals surface area contributed by atoms with Gasteiger partial charge in [0.25, 0.3) is 0 Å². The van der Waals surface area contributed by atoms with Gasteiger partial charge in [-0.2, -0.15) is 5.10 Å². The van der Waals surface area contributed by atoms with Crippen molar-refractivity contribution in [3.8, 4) is 0 Å². The van der Waals surface area contributed by atoms with Crippen LogP contribution < -0.4 is 5.32 Å². The Bertz CT molecular complexity index is 962. The third-order valence-electron chi connectivity index (χ3n) is 7.14. The van der Waals surface area contributed by atoms with E-state index in [9.17, 15) is 4.79 Å². The Hall–Kier alpha value is -2.48. The zero-order valence-electron chi connectivity index (χ0n) is 19.3. The van der Waals surface area contributed by atoms with E-state index in [1.54, 1.807) is 6.08 Å². The summed E-state index contributed by atoms with van der Waals surface area (Å²) in [6.45, 7) is 9.29. The average molecular weight is 439 g/mol. The minimum absolute atomic E-state index is 0.0398. The van der Waals surface area contributed by atoms with Crippen molar-refractivity contribution in [2.75, 3.05) is 33.4 Å². The molecule has 7 nitrogen and oxygen atoms in total. The summed E-state index contributed by atoms with van der Waals surface area (Å²) in [5.41, 5.74) is 4.81. The third kappa shape index (κ3) is 4.12. The highest BCUT2D eigenvalue weighted by atomic mass is 16.5. The molecule has 1 aromatic carbocycles. The van der Waals surface area contributed by atoms with E-state index in [1.165, 1.54) is 23.9 Å². The van der Waals surface area contributed by atoms with Crippen molar-refractivity contribution in [2.45, 2.75) is 43.9 Å². The Labute approximate surface area is 190 Å². The van der Waals surface area contributed by atoms with E-state index in [1.807, 2.05) is 24.0 Å². The van der Waals surface area contributed by atoms with Gasteiger partial charge in [0, 0.05) is 37.4 Å². The maximum atomic E-state index is 12.5. The van der Waals surface area contributed by atoms with E-state index < -0.39 is 0 Å². The molecule has 4 rings (SSSR count). The van der Waals surface area contributed by atoms with Gasteiger partial charge in [0.05, 0.1) is 24.9 Å². The number of methoxy groups -OCH3 is 1.